The summed E-state index contributed by atoms with van der Waals surface area (Å²) >= 11 is 0. The van der Waals surface area contributed by atoms with Gasteiger partial charge in [0.15, 0.2) is 5.76 Å². The highest BCUT2D eigenvalue weighted by molar-refractivity contribution is 5.91. The topological polar surface area (TPSA) is 54.5 Å². The van der Waals surface area contributed by atoms with Crippen molar-refractivity contribution >= 4 is 5.91 Å². The van der Waals surface area contributed by atoms with E-state index in [0.29, 0.717) is 24.9 Å². The van der Waals surface area contributed by atoms with E-state index in [2.05, 4.69) is 35.3 Å². The smallest absolute Gasteiger partial charge is 0.290 e. The van der Waals surface area contributed by atoms with Gasteiger partial charge in [0, 0.05) is 31.9 Å². The molecule has 0 atom stereocenters. The fraction of sp³-hybridized carbons (Fsp3) is 0.529. The Morgan fingerprint density at radius 2 is 2.17 bits per heavy atom. The highest BCUT2D eigenvalue weighted by Gasteiger charge is 2.26. The summed E-state index contributed by atoms with van der Waals surface area (Å²) in [5.74, 6) is 2.04. The van der Waals surface area contributed by atoms with Crippen LogP contribution in [0.4, 0.5) is 0 Å². The number of aryl methyl sites for hydroxylation is 1. The molecule has 1 aliphatic rings. The third kappa shape index (κ3) is 3.17. The second kappa shape index (κ2) is 6.20. The molecule has 3 rings (SSSR count). The van der Waals surface area contributed by atoms with E-state index in [4.69, 9.17) is 4.42 Å². The number of rotatable bonds is 4. The molecule has 3 heterocycles. The average Bonchev–Trinajstić information content (AvgIpc) is 3.12. The van der Waals surface area contributed by atoms with Gasteiger partial charge in [0.05, 0.1) is 12.2 Å². The molecule has 1 aliphatic heterocycles. The van der Waals surface area contributed by atoms with Gasteiger partial charge < -0.3 is 13.9 Å². The number of furan rings is 1. The average molecular weight is 316 g/mol. The first kappa shape index (κ1) is 15.8. The number of amides is 1. The zero-order chi connectivity index (χ0) is 16.6. The Hall–Kier alpha value is -2.08. The van der Waals surface area contributed by atoms with Crippen molar-refractivity contribution in [3.63, 3.8) is 0 Å². The number of hydrogen-bond donors (Lipinski definition) is 0. The van der Waals surface area contributed by atoms with E-state index in [1.165, 1.54) is 5.69 Å². The molecule has 0 fully saturated rings. The maximum absolute atomic E-state index is 12.5. The van der Waals surface area contributed by atoms with Crippen LogP contribution in [0, 0.1) is 6.92 Å². The molecule has 124 valence electrons. The van der Waals surface area contributed by atoms with E-state index in [1.807, 2.05) is 19.2 Å². The fourth-order valence-electron chi connectivity index (χ4n) is 2.77. The Labute approximate surface area is 136 Å². The van der Waals surface area contributed by atoms with Gasteiger partial charge in [0.2, 0.25) is 0 Å². The van der Waals surface area contributed by atoms with E-state index < -0.39 is 0 Å². The molecule has 1 amide bonds. The summed E-state index contributed by atoms with van der Waals surface area (Å²) in [7, 11) is 2.11. The minimum absolute atomic E-state index is 0.0619. The van der Waals surface area contributed by atoms with Crippen LogP contribution in [-0.4, -0.2) is 44.9 Å². The van der Waals surface area contributed by atoms with Gasteiger partial charge in [-0.15, -0.1) is 0 Å². The standard InChI is InChI=1S/C17H24N4O2/c1-12(2)19(4)10-14-9-18-16-11-20(7-8-21(14)16)17(22)15-6-5-13(3)23-15/h5-6,9,12H,7-8,10-11H2,1-4H3. The van der Waals surface area contributed by atoms with Gasteiger partial charge in [-0.25, -0.2) is 4.98 Å². The van der Waals surface area contributed by atoms with E-state index in [1.54, 1.807) is 11.0 Å². The van der Waals surface area contributed by atoms with E-state index in [9.17, 15) is 4.79 Å². The molecule has 6 heteroatoms. The van der Waals surface area contributed by atoms with Crippen LogP contribution < -0.4 is 0 Å². The number of nitrogens with zero attached hydrogens (tertiary/aromatic N) is 4. The third-order valence-electron chi connectivity index (χ3n) is 4.48. The van der Waals surface area contributed by atoms with Crippen LogP contribution in [0.1, 0.15) is 41.7 Å². The number of hydrogen-bond acceptors (Lipinski definition) is 4. The predicted octanol–water partition coefficient (Wildman–Crippen LogP) is 2.28. The van der Waals surface area contributed by atoms with E-state index >= 15 is 0 Å². The number of imidazole rings is 1. The van der Waals surface area contributed by atoms with Crippen molar-refractivity contribution in [2.24, 2.45) is 0 Å². The highest BCUT2D eigenvalue weighted by atomic mass is 16.3. The highest BCUT2D eigenvalue weighted by Crippen LogP contribution is 2.19. The van der Waals surface area contributed by atoms with Gasteiger partial charge in [-0.05, 0) is 40.0 Å². The lowest BCUT2D eigenvalue weighted by molar-refractivity contribution is 0.0671. The van der Waals surface area contributed by atoms with Crippen LogP contribution in [0.5, 0.6) is 0 Å². The van der Waals surface area contributed by atoms with Crippen molar-refractivity contribution in [3.8, 4) is 0 Å². The number of carbonyl (C=O) groups excluding carboxylic acids is 1. The molecule has 0 spiro atoms. The summed E-state index contributed by atoms with van der Waals surface area (Å²) in [6.07, 6.45) is 1.93. The Morgan fingerprint density at radius 3 is 2.83 bits per heavy atom. The lowest BCUT2D eigenvalue weighted by atomic mass is 10.3. The second-order valence-corrected chi connectivity index (χ2v) is 6.46. The Bertz CT molecular complexity index is 701. The number of carbonyl (C=O) groups is 1. The van der Waals surface area contributed by atoms with Crippen LogP contribution in [0.2, 0.25) is 0 Å². The van der Waals surface area contributed by atoms with Gasteiger partial charge in [-0.2, -0.15) is 0 Å². The first-order valence-electron chi connectivity index (χ1n) is 8.05. The lowest BCUT2D eigenvalue weighted by Crippen LogP contribution is -2.39. The predicted molar refractivity (Wildman–Crippen MR) is 87.0 cm³/mol. The zero-order valence-corrected chi connectivity index (χ0v) is 14.2. The molecule has 0 saturated carbocycles. The maximum Gasteiger partial charge on any atom is 0.290 e. The summed E-state index contributed by atoms with van der Waals surface area (Å²) in [5, 5.41) is 0. The largest absolute Gasteiger partial charge is 0.456 e. The van der Waals surface area contributed by atoms with Crippen molar-refractivity contribution in [1.29, 1.82) is 0 Å². The summed E-state index contributed by atoms with van der Waals surface area (Å²) in [6.45, 7) is 9.07. The van der Waals surface area contributed by atoms with Crippen molar-refractivity contribution in [3.05, 3.63) is 41.4 Å². The molecular weight excluding hydrogens is 292 g/mol. The molecule has 0 aromatic carbocycles. The molecule has 0 unspecified atom stereocenters. The molecule has 6 nitrogen and oxygen atoms in total. The third-order valence-corrected chi connectivity index (χ3v) is 4.48. The van der Waals surface area contributed by atoms with Gasteiger partial charge in [0.1, 0.15) is 11.6 Å². The molecule has 23 heavy (non-hydrogen) atoms. The van der Waals surface area contributed by atoms with Gasteiger partial charge in [-0.1, -0.05) is 0 Å². The second-order valence-electron chi connectivity index (χ2n) is 6.46. The first-order valence-corrected chi connectivity index (χ1v) is 8.05. The van der Waals surface area contributed by atoms with E-state index in [-0.39, 0.29) is 5.91 Å². The number of fused-ring (bicyclic) bond motifs is 1. The van der Waals surface area contributed by atoms with Crippen LogP contribution in [0.3, 0.4) is 0 Å². The molecular formula is C17H24N4O2. The molecule has 0 N–H and O–H groups in total. The zero-order valence-electron chi connectivity index (χ0n) is 14.2. The molecule has 0 aliphatic carbocycles. The van der Waals surface area contributed by atoms with Crippen LogP contribution in [-0.2, 0) is 19.6 Å². The summed E-state index contributed by atoms with van der Waals surface area (Å²) < 4.78 is 7.68. The molecule has 0 bridgehead atoms. The van der Waals surface area contributed by atoms with Gasteiger partial charge in [0.25, 0.3) is 5.91 Å². The van der Waals surface area contributed by atoms with E-state index in [0.717, 1.165) is 24.7 Å². The quantitative estimate of drug-likeness (QED) is 0.868. The summed E-state index contributed by atoms with van der Waals surface area (Å²) in [6, 6.07) is 4.05. The fourth-order valence-corrected chi connectivity index (χ4v) is 2.77. The maximum atomic E-state index is 12.5. The van der Waals surface area contributed by atoms with Crippen molar-refractivity contribution in [2.45, 2.75) is 46.4 Å². The molecule has 2 aromatic rings. The van der Waals surface area contributed by atoms with Crippen molar-refractivity contribution in [1.82, 2.24) is 19.4 Å². The minimum atomic E-state index is -0.0619. The Balaban J connectivity index is 1.72. The van der Waals surface area contributed by atoms with Gasteiger partial charge in [-0.3, -0.25) is 9.69 Å². The van der Waals surface area contributed by atoms with Gasteiger partial charge >= 0.3 is 0 Å². The number of aromatic nitrogens is 2. The molecule has 0 radical (unpaired) electrons. The summed E-state index contributed by atoms with van der Waals surface area (Å²) in [4.78, 5) is 21.1. The summed E-state index contributed by atoms with van der Waals surface area (Å²) in [5.41, 5.74) is 1.21. The van der Waals surface area contributed by atoms with Crippen LogP contribution >= 0.6 is 0 Å². The lowest BCUT2D eigenvalue weighted by Gasteiger charge is -2.29. The van der Waals surface area contributed by atoms with Crippen LogP contribution in [0.15, 0.2) is 22.7 Å². The molecule has 0 saturated heterocycles. The SMILES string of the molecule is Cc1ccc(C(=O)N2CCn3c(CN(C)C(C)C)cnc3C2)o1. The Morgan fingerprint density at radius 1 is 1.39 bits per heavy atom. The van der Waals surface area contributed by atoms with Crippen molar-refractivity contribution in [2.75, 3.05) is 13.6 Å². The molecule has 2 aromatic heterocycles. The van der Waals surface area contributed by atoms with Crippen LogP contribution in [0.25, 0.3) is 0 Å². The van der Waals surface area contributed by atoms with Crippen molar-refractivity contribution < 1.29 is 9.21 Å². The first-order chi connectivity index (χ1) is 11.0. The minimum Gasteiger partial charge on any atom is -0.456 e. The Kier molecular flexibility index (Phi) is 4.26. The normalized spacial score (nSPS) is 14.6. The monoisotopic (exact) mass is 316 g/mol.